The molecule has 0 saturated carbocycles. The van der Waals surface area contributed by atoms with Crippen molar-refractivity contribution in [3.63, 3.8) is 0 Å². The fraction of sp³-hybridized carbons (Fsp3) is 0.238. The molecule has 1 fully saturated rings. The zero-order valence-electron chi connectivity index (χ0n) is 16.6. The molecule has 2 aromatic carbocycles. The summed E-state index contributed by atoms with van der Waals surface area (Å²) in [5.74, 6) is -0.479. The molecule has 30 heavy (non-hydrogen) atoms. The van der Waals surface area contributed by atoms with Crippen LogP contribution in [0.3, 0.4) is 0 Å². The lowest BCUT2D eigenvalue weighted by Crippen LogP contribution is -2.26. The fourth-order valence-corrected chi connectivity index (χ4v) is 2.71. The first kappa shape index (κ1) is 22.4. The number of para-hydroxylation sites is 1. The van der Waals surface area contributed by atoms with Crippen molar-refractivity contribution < 1.29 is 29.0 Å². The van der Waals surface area contributed by atoms with E-state index in [4.69, 9.17) is 30.5 Å². The second kappa shape index (κ2) is 10.1. The van der Waals surface area contributed by atoms with Crippen LogP contribution in [0.15, 0.2) is 48.5 Å². The first-order valence-electron chi connectivity index (χ1n) is 9.04. The molecule has 158 valence electrons. The summed E-state index contributed by atoms with van der Waals surface area (Å²) in [4.78, 5) is 34.2. The Morgan fingerprint density at radius 1 is 1.20 bits per heavy atom. The van der Waals surface area contributed by atoms with Gasteiger partial charge >= 0.3 is 6.09 Å². The van der Waals surface area contributed by atoms with Crippen LogP contribution in [0.25, 0.3) is 0 Å². The van der Waals surface area contributed by atoms with Crippen molar-refractivity contribution in [2.75, 3.05) is 18.1 Å². The molecule has 1 amide bonds. The molecule has 1 atom stereocenters. The molecule has 0 bridgehead atoms. The maximum Gasteiger partial charge on any atom is 0.414 e. The van der Waals surface area contributed by atoms with E-state index in [-0.39, 0.29) is 18.2 Å². The Bertz CT molecular complexity index is 938. The van der Waals surface area contributed by atoms with Gasteiger partial charge < -0.3 is 20.3 Å². The molecular formula is C21H23N3O6. The van der Waals surface area contributed by atoms with E-state index < -0.39 is 18.2 Å². The average Bonchev–Trinajstić information content (AvgIpc) is 3.06. The maximum absolute atomic E-state index is 12.1. The minimum Gasteiger partial charge on any atom is -0.489 e. The zero-order valence-corrected chi connectivity index (χ0v) is 16.6. The summed E-state index contributed by atoms with van der Waals surface area (Å²) in [6, 6.07) is 13.7. The first-order valence-corrected chi connectivity index (χ1v) is 9.04. The quantitative estimate of drug-likeness (QED) is 0.375. The van der Waals surface area contributed by atoms with Crippen molar-refractivity contribution in [2.24, 2.45) is 5.73 Å². The number of amides is 1. The molecule has 3 rings (SSSR count). The average molecular weight is 413 g/mol. The van der Waals surface area contributed by atoms with Crippen LogP contribution < -0.4 is 15.4 Å². The number of rotatable bonds is 6. The number of ketones is 1. The van der Waals surface area contributed by atoms with Crippen molar-refractivity contribution in [1.82, 2.24) is 0 Å². The third-order valence-corrected chi connectivity index (χ3v) is 4.06. The van der Waals surface area contributed by atoms with Crippen LogP contribution in [-0.2, 0) is 9.53 Å². The predicted molar refractivity (Wildman–Crippen MR) is 110 cm³/mol. The second-order valence-electron chi connectivity index (χ2n) is 6.46. The van der Waals surface area contributed by atoms with Gasteiger partial charge in [-0.15, -0.1) is 0 Å². The van der Waals surface area contributed by atoms with Crippen LogP contribution in [0.1, 0.15) is 29.8 Å². The van der Waals surface area contributed by atoms with E-state index in [1.54, 1.807) is 48.5 Å². The van der Waals surface area contributed by atoms with Crippen LogP contribution >= 0.6 is 0 Å². The summed E-state index contributed by atoms with van der Waals surface area (Å²) in [7, 11) is 0. The van der Waals surface area contributed by atoms with Gasteiger partial charge in [-0.1, -0.05) is 12.1 Å². The zero-order chi connectivity index (χ0) is 22.3. The number of nitrogen functional groups attached to an aromatic ring is 1. The number of Topliss-reactive ketones (excluding diaryl/α,β-unsaturated/α-hetero) is 1. The monoisotopic (exact) mass is 413 g/mol. The number of hydrogen-bond donors (Lipinski definition) is 3. The molecule has 0 spiro atoms. The summed E-state index contributed by atoms with van der Waals surface area (Å²) in [6.07, 6.45) is -0.913. The van der Waals surface area contributed by atoms with Crippen LogP contribution in [-0.4, -0.2) is 48.0 Å². The molecular weight excluding hydrogens is 390 g/mol. The Labute approximate surface area is 173 Å². The summed E-state index contributed by atoms with van der Waals surface area (Å²) in [5, 5.41) is 14.8. The first-order chi connectivity index (χ1) is 14.2. The lowest BCUT2D eigenvalue weighted by Gasteiger charge is -2.14. The van der Waals surface area contributed by atoms with Crippen LogP contribution in [0.5, 0.6) is 5.75 Å². The standard InChI is InChI=1S/C19H19N3O4.C2H4O2/c1-12(23)16-4-2-3-5-17(16)25-11-15-10-22(19(24)26-15)14-8-6-13(7-9-14)18(20)21;1-2(3)4/h2-9,15H,10-11H2,1H3,(H3,20,21);1H3,(H,3,4). The smallest absolute Gasteiger partial charge is 0.414 e. The van der Waals surface area contributed by atoms with Crippen molar-refractivity contribution in [3.05, 3.63) is 59.7 Å². The number of benzene rings is 2. The molecule has 0 radical (unpaired) electrons. The third-order valence-electron chi connectivity index (χ3n) is 4.06. The Hall–Kier alpha value is -3.88. The van der Waals surface area contributed by atoms with Gasteiger partial charge in [0.2, 0.25) is 0 Å². The fourth-order valence-electron chi connectivity index (χ4n) is 2.71. The number of aliphatic carboxylic acids is 1. The Morgan fingerprint density at radius 2 is 1.80 bits per heavy atom. The number of anilines is 1. The minimum atomic E-state index is -0.833. The van der Waals surface area contributed by atoms with E-state index in [0.29, 0.717) is 29.1 Å². The van der Waals surface area contributed by atoms with E-state index in [2.05, 4.69) is 0 Å². The molecule has 2 aromatic rings. The van der Waals surface area contributed by atoms with Gasteiger partial charge in [-0.2, -0.15) is 0 Å². The molecule has 0 aromatic heterocycles. The number of amidine groups is 1. The van der Waals surface area contributed by atoms with E-state index in [1.165, 1.54) is 11.8 Å². The number of nitrogens with zero attached hydrogens (tertiary/aromatic N) is 1. The van der Waals surface area contributed by atoms with Gasteiger partial charge in [0, 0.05) is 18.2 Å². The second-order valence-corrected chi connectivity index (χ2v) is 6.46. The number of carboxylic acids is 1. The van der Waals surface area contributed by atoms with Crippen molar-refractivity contribution >= 4 is 29.4 Å². The van der Waals surface area contributed by atoms with Gasteiger partial charge in [-0.25, -0.2) is 4.79 Å². The highest BCUT2D eigenvalue weighted by Crippen LogP contribution is 2.24. The molecule has 9 nitrogen and oxygen atoms in total. The molecule has 1 saturated heterocycles. The largest absolute Gasteiger partial charge is 0.489 e. The third kappa shape index (κ3) is 6.06. The van der Waals surface area contributed by atoms with Crippen LogP contribution in [0.2, 0.25) is 0 Å². The number of cyclic esters (lactones) is 1. The summed E-state index contributed by atoms with van der Waals surface area (Å²) in [6.45, 7) is 3.04. The molecule has 1 aliphatic heterocycles. The van der Waals surface area contributed by atoms with E-state index in [1.807, 2.05) is 0 Å². The summed E-state index contributed by atoms with van der Waals surface area (Å²) >= 11 is 0. The highest BCUT2D eigenvalue weighted by molar-refractivity contribution is 5.97. The number of carboxylic acid groups (broad SMARTS) is 1. The molecule has 9 heteroatoms. The number of hydrogen-bond acceptors (Lipinski definition) is 6. The Kier molecular flexibility index (Phi) is 7.51. The lowest BCUT2D eigenvalue weighted by atomic mass is 10.1. The van der Waals surface area contributed by atoms with Gasteiger partial charge in [-0.05, 0) is 43.3 Å². The van der Waals surface area contributed by atoms with E-state index >= 15 is 0 Å². The molecule has 4 N–H and O–H groups in total. The lowest BCUT2D eigenvalue weighted by molar-refractivity contribution is -0.134. The number of nitrogens with one attached hydrogen (secondary N) is 1. The number of nitrogens with two attached hydrogens (primary N) is 1. The number of ether oxygens (including phenoxy) is 2. The van der Waals surface area contributed by atoms with Crippen molar-refractivity contribution in [2.45, 2.75) is 20.0 Å². The highest BCUT2D eigenvalue weighted by Gasteiger charge is 2.33. The Balaban J connectivity index is 0.000000735. The maximum atomic E-state index is 12.1. The summed E-state index contributed by atoms with van der Waals surface area (Å²) < 4.78 is 11.0. The normalized spacial score (nSPS) is 14.9. The molecule has 0 aliphatic carbocycles. The topological polar surface area (TPSA) is 143 Å². The van der Waals surface area contributed by atoms with Crippen LogP contribution in [0, 0.1) is 5.41 Å². The molecule has 1 heterocycles. The SMILES string of the molecule is CC(=O)O.CC(=O)c1ccccc1OCC1CN(c2ccc(C(=N)N)cc2)C(=O)O1. The highest BCUT2D eigenvalue weighted by atomic mass is 16.6. The number of carbonyl (C=O) groups excluding carboxylic acids is 2. The summed E-state index contributed by atoms with van der Waals surface area (Å²) in [5.41, 5.74) is 7.17. The van der Waals surface area contributed by atoms with E-state index in [9.17, 15) is 9.59 Å². The van der Waals surface area contributed by atoms with Gasteiger partial charge in [0.05, 0.1) is 12.1 Å². The van der Waals surface area contributed by atoms with Crippen molar-refractivity contribution in [3.8, 4) is 5.75 Å². The van der Waals surface area contributed by atoms with Gasteiger partial charge in [-0.3, -0.25) is 19.9 Å². The van der Waals surface area contributed by atoms with Gasteiger partial charge in [0.1, 0.15) is 18.2 Å². The minimum absolute atomic E-state index is 0.0315. The van der Waals surface area contributed by atoms with E-state index in [0.717, 1.165) is 6.92 Å². The number of carbonyl (C=O) groups is 3. The van der Waals surface area contributed by atoms with Gasteiger partial charge in [0.15, 0.2) is 11.9 Å². The van der Waals surface area contributed by atoms with Gasteiger partial charge in [0.25, 0.3) is 5.97 Å². The molecule has 1 aliphatic rings. The molecule has 1 unspecified atom stereocenters. The Morgan fingerprint density at radius 3 is 2.37 bits per heavy atom. The predicted octanol–water partition coefficient (Wildman–Crippen LogP) is 2.67. The van der Waals surface area contributed by atoms with Crippen LogP contribution in [0.4, 0.5) is 10.5 Å². The van der Waals surface area contributed by atoms with Crippen molar-refractivity contribution in [1.29, 1.82) is 5.41 Å².